The Morgan fingerprint density at radius 3 is 2.81 bits per heavy atom. The average Bonchev–Trinajstić information content (AvgIpc) is 2.85. The summed E-state index contributed by atoms with van der Waals surface area (Å²) < 4.78 is 30.4. The molecule has 1 heterocycles. The second-order valence-electron chi connectivity index (χ2n) is 4.57. The molecule has 2 aromatic rings. The van der Waals surface area contributed by atoms with Gasteiger partial charge in [-0.1, -0.05) is 17.3 Å². The van der Waals surface area contributed by atoms with Crippen LogP contribution >= 0.6 is 0 Å². The minimum Gasteiger partial charge on any atom is -0.361 e. The fourth-order valence-corrected chi connectivity index (χ4v) is 2.65. The summed E-state index contributed by atoms with van der Waals surface area (Å²) in [6, 6.07) is 7.50. The van der Waals surface area contributed by atoms with Gasteiger partial charge in [0.1, 0.15) is 16.8 Å². The lowest BCUT2D eigenvalue weighted by Crippen LogP contribution is -2.30. The van der Waals surface area contributed by atoms with Crippen LogP contribution in [0.15, 0.2) is 34.9 Å². The largest absolute Gasteiger partial charge is 0.361 e. The van der Waals surface area contributed by atoms with Gasteiger partial charge in [0.05, 0.1) is 17.1 Å². The normalized spacial score (nSPS) is 13.7. The fraction of sp³-hybridized carbons (Fsp3) is 0.286. The van der Waals surface area contributed by atoms with E-state index in [1.165, 1.54) is 25.1 Å². The highest BCUT2D eigenvalue weighted by atomic mass is 32.2. The molecule has 5 nitrogen and oxygen atoms in total. The van der Waals surface area contributed by atoms with E-state index in [2.05, 4.69) is 10.5 Å². The van der Waals surface area contributed by atoms with Crippen molar-refractivity contribution in [3.8, 4) is 0 Å². The van der Waals surface area contributed by atoms with Crippen LogP contribution in [0.1, 0.15) is 18.4 Å². The zero-order valence-corrected chi connectivity index (χ0v) is 12.4. The number of aryl methyl sites for hydroxylation is 1. The van der Waals surface area contributed by atoms with Crippen molar-refractivity contribution in [1.82, 2.24) is 5.16 Å². The van der Waals surface area contributed by atoms with Crippen LogP contribution in [0.3, 0.4) is 0 Å². The Morgan fingerprint density at radius 2 is 2.19 bits per heavy atom. The third-order valence-electron chi connectivity index (χ3n) is 2.86. The molecule has 112 valence electrons. The van der Waals surface area contributed by atoms with E-state index >= 15 is 0 Å². The molecule has 0 unspecified atom stereocenters. The summed E-state index contributed by atoms with van der Waals surface area (Å²) in [6.07, 6.45) is 0. The molecule has 0 radical (unpaired) electrons. The van der Waals surface area contributed by atoms with Crippen molar-refractivity contribution in [3.63, 3.8) is 0 Å². The molecule has 21 heavy (non-hydrogen) atoms. The average molecular weight is 310 g/mol. The molecular formula is C14H15FN2O3S. The smallest absolute Gasteiger partial charge is 0.239 e. The maximum atomic E-state index is 13.5. The van der Waals surface area contributed by atoms with Gasteiger partial charge >= 0.3 is 0 Å². The number of nitrogens with zero attached hydrogens (tertiary/aromatic N) is 1. The first-order chi connectivity index (χ1) is 9.97. The number of amides is 1. The molecule has 0 fully saturated rings. The number of para-hydroxylation sites is 1. The molecule has 1 aromatic carbocycles. The first-order valence-electron chi connectivity index (χ1n) is 6.32. The van der Waals surface area contributed by atoms with Crippen molar-refractivity contribution in [2.24, 2.45) is 0 Å². The topological polar surface area (TPSA) is 72.2 Å². The third kappa shape index (κ3) is 3.98. The maximum Gasteiger partial charge on any atom is 0.239 e. The van der Waals surface area contributed by atoms with E-state index in [4.69, 9.17) is 4.52 Å². The molecule has 0 aliphatic rings. The number of nitrogens with one attached hydrogen (secondary N) is 1. The number of benzene rings is 1. The van der Waals surface area contributed by atoms with Crippen molar-refractivity contribution in [2.75, 3.05) is 5.32 Å². The quantitative estimate of drug-likeness (QED) is 0.920. The Hall–Kier alpha value is -2.02. The highest BCUT2D eigenvalue weighted by Gasteiger charge is 2.22. The molecule has 2 atom stereocenters. The molecule has 0 spiro atoms. The van der Waals surface area contributed by atoms with E-state index in [1.54, 1.807) is 19.1 Å². The van der Waals surface area contributed by atoms with Gasteiger partial charge < -0.3 is 9.84 Å². The van der Waals surface area contributed by atoms with E-state index in [1.807, 2.05) is 0 Å². The SMILES string of the molecule is Cc1cc(C[S@@](=O)[C@@H](C)C(=O)Nc2ccccc2F)no1. The molecule has 0 saturated carbocycles. The summed E-state index contributed by atoms with van der Waals surface area (Å²) in [5.74, 6) is -0.302. The lowest BCUT2D eigenvalue weighted by Gasteiger charge is -2.11. The Bertz CT molecular complexity index is 672. The summed E-state index contributed by atoms with van der Waals surface area (Å²) in [4.78, 5) is 12.0. The summed E-state index contributed by atoms with van der Waals surface area (Å²) in [5.41, 5.74) is 0.597. The van der Waals surface area contributed by atoms with Gasteiger partial charge in [-0.3, -0.25) is 9.00 Å². The lowest BCUT2D eigenvalue weighted by molar-refractivity contribution is -0.115. The zero-order valence-electron chi connectivity index (χ0n) is 11.6. The summed E-state index contributed by atoms with van der Waals surface area (Å²) in [6.45, 7) is 3.26. The van der Waals surface area contributed by atoms with Gasteiger partial charge in [-0.25, -0.2) is 4.39 Å². The molecule has 0 bridgehead atoms. The van der Waals surface area contributed by atoms with Gasteiger partial charge in [0.15, 0.2) is 0 Å². The van der Waals surface area contributed by atoms with Gasteiger partial charge in [-0.2, -0.15) is 0 Å². The fourth-order valence-electron chi connectivity index (χ4n) is 1.67. The minimum atomic E-state index is -1.47. The van der Waals surface area contributed by atoms with Crippen molar-refractivity contribution >= 4 is 22.4 Å². The van der Waals surface area contributed by atoms with E-state index < -0.39 is 27.8 Å². The molecule has 0 aliphatic carbocycles. The lowest BCUT2D eigenvalue weighted by atomic mass is 10.3. The maximum absolute atomic E-state index is 13.5. The van der Waals surface area contributed by atoms with Crippen molar-refractivity contribution in [1.29, 1.82) is 0 Å². The van der Waals surface area contributed by atoms with Gasteiger partial charge in [0.25, 0.3) is 0 Å². The number of hydrogen-bond donors (Lipinski definition) is 1. The second-order valence-corrected chi connectivity index (χ2v) is 6.32. The molecule has 1 N–H and O–H groups in total. The number of anilines is 1. The van der Waals surface area contributed by atoms with Crippen LogP contribution < -0.4 is 5.32 Å². The summed E-state index contributed by atoms with van der Waals surface area (Å²) >= 11 is 0. The summed E-state index contributed by atoms with van der Waals surface area (Å²) in [5, 5.41) is 5.38. The predicted octanol–water partition coefficient (Wildman–Crippen LogP) is 2.40. The Kier molecular flexibility index (Phi) is 4.85. The van der Waals surface area contributed by atoms with Crippen LogP contribution in [0, 0.1) is 12.7 Å². The third-order valence-corrected chi connectivity index (χ3v) is 4.45. The van der Waals surface area contributed by atoms with Crippen LogP contribution in [0.2, 0.25) is 0 Å². The van der Waals surface area contributed by atoms with Gasteiger partial charge in [0, 0.05) is 16.9 Å². The number of hydrogen-bond acceptors (Lipinski definition) is 4. The molecule has 0 saturated heterocycles. The van der Waals surface area contributed by atoms with Crippen LogP contribution in [0.5, 0.6) is 0 Å². The van der Waals surface area contributed by atoms with E-state index in [-0.39, 0.29) is 11.4 Å². The van der Waals surface area contributed by atoms with Crippen molar-refractivity contribution in [2.45, 2.75) is 24.9 Å². The number of rotatable bonds is 5. The number of aromatic nitrogens is 1. The van der Waals surface area contributed by atoms with Crippen LogP contribution in [-0.2, 0) is 21.3 Å². The van der Waals surface area contributed by atoms with Crippen molar-refractivity contribution < 1.29 is 17.9 Å². The Labute approximate surface area is 124 Å². The van der Waals surface area contributed by atoms with E-state index in [0.717, 1.165) is 0 Å². The number of halogens is 1. The van der Waals surface area contributed by atoms with Crippen molar-refractivity contribution in [3.05, 3.63) is 47.6 Å². The number of carbonyl (C=O) groups excluding carboxylic acids is 1. The Balaban J connectivity index is 1.98. The Morgan fingerprint density at radius 1 is 1.48 bits per heavy atom. The van der Waals surface area contributed by atoms with Gasteiger partial charge in [0.2, 0.25) is 5.91 Å². The van der Waals surface area contributed by atoms with Gasteiger partial charge in [-0.15, -0.1) is 0 Å². The van der Waals surface area contributed by atoms with Crippen LogP contribution in [0.25, 0.3) is 0 Å². The predicted molar refractivity (Wildman–Crippen MR) is 77.6 cm³/mol. The van der Waals surface area contributed by atoms with Crippen LogP contribution in [-0.4, -0.2) is 20.5 Å². The minimum absolute atomic E-state index is 0.0728. The first-order valence-corrected chi connectivity index (χ1v) is 7.70. The molecule has 0 aliphatic heterocycles. The molecule has 1 aromatic heterocycles. The number of carbonyl (C=O) groups is 1. The standard InChI is InChI=1S/C14H15FN2O3S/c1-9-7-11(17-20-9)8-21(19)10(2)14(18)16-13-6-4-3-5-12(13)15/h3-7,10H,8H2,1-2H3,(H,16,18)/t10-,21+/m0/s1. The van der Waals surface area contributed by atoms with E-state index in [9.17, 15) is 13.4 Å². The molecule has 1 amide bonds. The molecule has 7 heteroatoms. The van der Waals surface area contributed by atoms with Gasteiger partial charge in [-0.05, 0) is 26.0 Å². The molecular weight excluding hydrogens is 295 g/mol. The zero-order chi connectivity index (χ0) is 15.4. The van der Waals surface area contributed by atoms with Crippen LogP contribution in [0.4, 0.5) is 10.1 Å². The highest BCUT2D eigenvalue weighted by molar-refractivity contribution is 7.85. The highest BCUT2D eigenvalue weighted by Crippen LogP contribution is 2.14. The second kappa shape index (κ2) is 6.62. The van der Waals surface area contributed by atoms with E-state index in [0.29, 0.717) is 11.5 Å². The molecule has 2 rings (SSSR count). The summed E-state index contributed by atoms with van der Waals surface area (Å²) in [7, 11) is -1.47. The first kappa shape index (κ1) is 15.4. The monoisotopic (exact) mass is 310 g/mol.